The Labute approximate surface area is 121 Å². The monoisotopic (exact) mass is 300 g/mol. The van der Waals surface area contributed by atoms with E-state index in [0.29, 0.717) is 29.4 Å². The van der Waals surface area contributed by atoms with Crippen LogP contribution in [0.15, 0.2) is 4.90 Å². The molecule has 114 valence electrons. The van der Waals surface area contributed by atoms with E-state index < -0.39 is 10.0 Å². The third-order valence-electron chi connectivity index (χ3n) is 3.92. The van der Waals surface area contributed by atoms with Crippen molar-refractivity contribution in [3.63, 3.8) is 0 Å². The molecule has 1 aromatic heterocycles. The number of aromatic nitrogens is 2. The molecule has 1 aliphatic rings. The van der Waals surface area contributed by atoms with Gasteiger partial charge in [0.2, 0.25) is 10.0 Å². The highest BCUT2D eigenvalue weighted by atomic mass is 32.2. The Morgan fingerprint density at radius 3 is 2.60 bits per heavy atom. The fourth-order valence-electron chi connectivity index (χ4n) is 3.03. The van der Waals surface area contributed by atoms with Crippen LogP contribution in [0.1, 0.15) is 44.0 Å². The highest BCUT2D eigenvalue weighted by molar-refractivity contribution is 7.89. The lowest BCUT2D eigenvalue weighted by atomic mass is 10.2. The van der Waals surface area contributed by atoms with Crippen molar-refractivity contribution in [3.05, 3.63) is 11.4 Å². The van der Waals surface area contributed by atoms with Crippen LogP contribution in [0, 0.1) is 6.92 Å². The highest BCUT2D eigenvalue weighted by Gasteiger charge is 2.35. The molecule has 1 fully saturated rings. The lowest BCUT2D eigenvalue weighted by Gasteiger charge is -2.27. The van der Waals surface area contributed by atoms with E-state index in [9.17, 15) is 8.42 Å². The van der Waals surface area contributed by atoms with Crippen LogP contribution in [-0.4, -0.2) is 42.6 Å². The molecule has 2 N–H and O–H groups in total. The normalized spacial score (nSPS) is 17.2. The van der Waals surface area contributed by atoms with E-state index in [-0.39, 0.29) is 6.04 Å². The Morgan fingerprint density at radius 2 is 2.05 bits per heavy atom. The first-order chi connectivity index (χ1) is 9.52. The molecule has 6 nitrogen and oxygen atoms in total. The van der Waals surface area contributed by atoms with Crippen molar-refractivity contribution < 1.29 is 8.42 Å². The number of nitrogens with zero attached hydrogens (tertiary/aromatic N) is 2. The Bertz CT molecular complexity index is 547. The quantitative estimate of drug-likeness (QED) is 0.832. The van der Waals surface area contributed by atoms with Crippen LogP contribution >= 0.6 is 0 Å². The standard InChI is InChI=1S/C13H24N4O2S/c1-4-17(11-7-5-6-8-11)20(18,19)13-10(2)15-16-12(13)9-14-3/h11,14H,4-9H2,1-3H3,(H,15,16). The summed E-state index contributed by atoms with van der Waals surface area (Å²) in [6.45, 7) is 4.63. The molecule has 1 aliphatic carbocycles. The van der Waals surface area contributed by atoms with Gasteiger partial charge in [0.15, 0.2) is 0 Å². The maximum atomic E-state index is 13.0. The zero-order valence-electron chi connectivity index (χ0n) is 12.4. The summed E-state index contributed by atoms with van der Waals surface area (Å²) in [5.41, 5.74) is 1.19. The average molecular weight is 300 g/mol. The van der Waals surface area contributed by atoms with Gasteiger partial charge in [-0.05, 0) is 26.8 Å². The van der Waals surface area contributed by atoms with E-state index in [1.54, 1.807) is 18.3 Å². The molecule has 1 heterocycles. The van der Waals surface area contributed by atoms with Gasteiger partial charge in [-0.25, -0.2) is 8.42 Å². The van der Waals surface area contributed by atoms with Crippen molar-refractivity contribution in [3.8, 4) is 0 Å². The Kier molecular flexibility index (Phi) is 4.82. The third-order valence-corrected chi connectivity index (χ3v) is 6.15. The van der Waals surface area contributed by atoms with E-state index in [4.69, 9.17) is 0 Å². The Hall–Kier alpha value is -0.920. The minimum absolute atomic E-state index is 0.140. The van der Waals surface area contributed by atoms with Crippen molar-refractivity contribution >= 4 is 10.0 Å². The smallest absolute Gasteiger partial charge is 0.247 e. The molecule has 0 aromatic carbocycles. The van der Waals surface area contributed by atoms with Gasteiger partial charge in [0.1, 0.15) is 4.90 Å². The summed E-state index contributed by atoms with van der Waals surface area (Å²) in [4.78, 5) is 0.348. The lowest BCUT2D eigenvalue weighted by molar-refractivity contribution is 0.335. The van der Waals surface area contributed by atoms with Gasteiger partial charge in [-0.1, -0.05) is 19.8 Å². The molecule has 20 heavy (non-hydrogen) atoms. The molecule has 1 aromatic rings. The zero-order chi connectivity index (χ0) is 14.8. The number of nitrogens with one attached hydrogen (secondary N) is 2. The van der Waals surface area contributed by atoms with Crippen molar-refractivity contribution in [1.29, 1.82) is 0 Å². The highest BCUT2D eigenvalue weighted by Crippen LogP contribution is 2.30. The first-order valence-electron chi connectivity index (χ1n) is 7.22. The fourth-order valence-corrected chi connectivity index (χ4v) is 5.06. The van der Waals surface area contributed by atoms with Crippen LogP contribution in [0.3, 0.4) is 0 Å². The molecule has 0 aliphatic heterocycles. The van der Waals surface area contributed by atoms with Gasteiger partial charge >= 0.3 is 0 Å². The summed E-state index contributed by atoms with van der Waals surface area (Å²) in [5.74, 6) is 0. The predicted molar refractivity (Wildman–Crippen MR) is 77.9 cm³/mol. The molecule has 0 radical (unpaired) electrons. The van der Waals surface area contributed by atoms with Crippen LogP contribution in [-0.2, 0) is 16.6 Å². The molecule has 1 saturated carbocycles. The molecular formula is C13H24N4O2S. The van der Waals surface area contributed by atoms with Crippen molar-refractivity contribution in [2.75, 3.05) is 13.6 Å². The third kappa shape index (κ3) is 2.75. The number of sulfonamides is 1. The topological polar surface area (TPSA) is 78.1 Å². The first-order valence-corrected chi connectivity index (χ1v) is 8.66. The van der Waals surface area contributed by atoms with E-state index in [0.717, 1.165) is 25.7 Å². The summed E-state index contributed by atoms with van der Waals surface area (Å²) < 4.78 is 27.6. The molecule has 2 rings (SSSR count). The first kappa shape index (κ1) is 15.5. The van der Waals surface area contributed by atoms with E-state index in [1.807, 2.05) is 6.92 Å². The summed E-state index contributed by atoms with van der Waals surface area (Å²) in [6.07, 6.45) is 4.16. The minimum Gasteiger partial charge on any atom is -0.314 e. The number of rotatable bonds is 6. The predicted octanol–water partition coefficient (Wildman–Crippen LogP) is 1.39. The Morgan fingerprint density at radius 1 is 1.40 bits per heavy atom. The number of aromatic amines is 1. The number of hydrogen-bond acceptors (Lipinski definition) is 4. The molecule has 0 unspecified atom stereocenters. The SMILES string of the molecule is CCN(C1CCCC1)S(=O)(=O)c1c(CNC)n[nH]c1C. The summed E-state index contributed by atoms with van der Waals surface area (Å²) in [7, 11) is -1.69. The van der Waals surface area contributed by atoms with E-state index in [1.165, 1.54) is 0 Å². The molecule has 0 saturated heterocycles. The van der Waals surface area contributed by atoms with Gasteiger partial charge in [-0.15, -0.1) is 0 Å². The molecule has 0 spiro atoms. The van der Waals surface area contributed by atoms with Gasteiger partial charge in [0.25, 0.3) is 0 Å². The second-order valence-electron chi connectivity index (χ2n) is 5.30. The maximum Gasteiger partial charge on any atom is 0.247 e. The van der Waals surface area contributed by atoms with Gasteiger partial charge < -0.3 is 5.32 Å². The van der Waals surface area contributed by atoms with Crippen LogP contribution in [0.2, 0.25) is 0 Å². The Balaban J connectivity index is 2.40. The molecule has 0 amide bonds. The zero-order valence-corrected chi connectivity index (χ0v) is 13.3. The lowest BCUT2D eigenvalue weighted by Crippen LogP contribution is -2.39. The second-order valence-corrected chi connectivity index (χ2v) is 7.13. The molecule has 0 atom stereocenters. The van der Waals surface area contributed by atoms with Gasteiger partial charge in [0, 0.05) is 19.1 Å². The van der Waals surface area contributed by atoms with Gasteiger partial charge in [-0.3, -0.25) is 5.10 Å². The summed E-state index contributed by atoms with van der Waals surface area (Å²) in [6, 6.07) is 0.140. The summed E-state index contributed by atoms with van der Waals surface area (Å²) in [5, 5.41) is 9.89. The fraction of sp³-hybridized carbons (Fsp3) is 0.769. The summed E-state index contributed by atoms with van der Waals surface area (Å²) >= 11 is 0. The van der Waals surface area contributed by atoms with Crippen LogP contribution in [0.25, 0.3) is 0 Å². The molecular weight excluding hydrogens is 276 g/mol. The van der Waals surface area contributed by atoms with Crippen LogP contribution in [0.4, 0.5) is 0 Å². The maximum absolute atomic E-state index is 13.0. The second kappa shape index (κ2) is 6.24. The largest absolute Gasteiger partial charge is 0.314 e. The van der Waals surface area contributed by atoms with Gasteiger partial charge in [0.05, 0.1) is 11.4 Å². The number of H-pyrrole nitrogens is 1. The van der Waals surface area contributed by atoms with Gasteiger partial charge in [-0.2, -0.15) is 9.40 Å². The van der Waals surface area contributed by atoms with Crippen LogP contribution in [0.5, 0.6) is 0 Å². The minimum atomic E-state index is -3.48. The van der Waals surface area contributed by atoms with E-state index in [2.05, 4.69) is 15.5 Å². The van der Waals surface area contributed by atoms with Crippen molar-refractivity contribution in [1.82, 2.24) is 19.8 Å². The average Bonchev–Trinajstić information content (AvgIpc) is 3.01. The molecule has 7 heteroatoms. The van der Waals surface area contributed by atoms with Crippen molar-refractivity contribution in [2.45, 2.75) is 57.0 Å². The number of aryl methyl sites for hydroxylation is 1. The number of hydrogen-bond donors (Lipinski definition) is 2. The van der Waals surface area contributed by atoms with Crippen molar-refractivity contribution in [2.24, 2.45) is 0 Å². The molecule has 0 bridgehead atoms. The van der Waals surface area contributed by atoms with E-state index >= 15 is 0 Å². The van der Waals surface area contributed by atoms with Crippen LogP contribution < -0.4 is 5.32 Å².